The number of hydrogen-bond acceptors (Lipinski definition) is 2. The fourth-order valence-corrected chi connectivity index (χ4v) is 3.06. The lowest BCUT2D eigenvalue weighted by Gasteiger charge is -2.35. The molecule has 1 unspecified atom stereocenters. The summed E-state index contributed by atoms with van der Waals surface area (Å²) in [5, 5.41) is 2.87. The summed E-state index contributed by atoms with van der Waals surface area (Å²) in [4.78, 5) is 26.8. The topological polar surface area (TPSA) is 49.4 Å². The highest BCUT2D eigenvalue weighted by Crippen LogP contribution is 2.24. The van der Waals surface area contributed by atoms with E-state index in [4.69, 9.17) is 0 Å². The Morgan fingerprint density at radius 1 is 1.12 bits per heavy atom. The smallest absolute Gasteiger partial charge is 0.247 e. The van der Waals surface area contributed by atoms with E-state index < -0.39 is 6.04 Å². The second-order valence-electron chi connectivity index (χ2n) is 6.18. The first kappa shape index (κ1) is 16.2. The summed E-state index contributed by atoms with van der Waals surface area (Å²) < 4.78 is 0. The first-order chi connectivity index (χ1) is 11.6. The molecule has 0 bridgehead atoms. The molecule has 1 heterocycles. The van der Waals surface area contributed by atoms with Crippen molar-refractivity contribution in [3.63, 3.8) is 0 Å². The lowest BCUT2D eigenvalue weighted by Crippen LogP contribution is -2.52. The van der Waals surface area contributed by atoms with Crippen molar-refractivity contribution in [3.05, 3.63) is 71.3 Å². The normalized spacial score (nSPS) is 17.5. The Labute approximate surface area is 142 Å². The van der Waals surface area contributed by atoms with Gasteiger partial charge in [0.2, 0.25) is 11.8 Å². The Bertz CT molecular complexity index is 710. The van der Waals surface area contributed by atoms with Gasteiger partial charge in [0.25, 0.3) is 0 Å². The average Bonchev–Trinajstić information content (AvgIpc) is 2.61. The molecule has 0 saturated carbocycles. The zero-order valence-corrected chi connectivity index (χ0v) is 13.9. The molecule has 1 atom stereocenters. The van der Waals surface area contributed by atoms with Crippen molar-refractivity contribution in [2.45, 2.75) is 25.8 Å². The number of rotatable bonds is 4. The molecule has 1 saturated heterocycles. The molecule has 4 heteroatoms. The third-order valence-electron chi connectivity index (χ3n) is 4.40. The SMILES string of the molecule is Cc1ccc(C2C(=O)NCCN2C(=O)CCc2ccccc2)cc1. The molecule has 1 N–H and O–H groups in total. The number of carbonyl (C=O) groups is 2. The molecule has 3 rings (SSSR count). The van der Waals surface area contributed by atoms with E-state index in [1.54, 1.807) is 4.90 Å². The van der Waals surface area contributed by atoms with Crippen molar-refractivity contribution in [1.82, 2.24) is 10.2 Å². The Balaban J connectivity index is 1.74. The molecular formula is C20H22N2O2. The molecule has 1 fully saturated rings. The monoisotopic (exact) mass is 322 g/mol. The first-order valence-electron chi connectivity index (χ1n) is 8.33. The first-order valence-corrected chi connectivity index (χ1v) is 8.33. The molecule has 4 nitrogen and oxygen atoms in total. The predicted molar refractivity (Wildman–Crippen MR) is 93.4 cm³/mol. The Kier molecular flexibility index (Phi) is 4.94. The van der Waals surface area contributed by atoms with Gasteiger partial charge in [0.15, 0.2) is 0 Å². The van der Waals surface area contributed by atoms with Crippen molar-refractivity contribution < 1.29 is 9.59 Å². The average molecular weight is 322 g/mol. The Morgan fingerprint density at radius 3 is 2.54 bits per heavy atom. The quantitative estimate of drug-likeness (QED) is 0.941. The number of aryl methyl sites for hydroxylation is 2. The summed E-state index contributed by atoms with van der Waals surface area (Å²) in [7, 11) is 0. The van der Waals surface area contributed by atoms with Crippen LogP contribution in [-0.4, -0.2) is 29.8 Å². The van der Waals surface area contributed by atoms with E-state index in [1.165, 1.54) is 0 Å². The van der Waals surface area contributed by atoms with E-state index in [-0.39, 0.29) is 11.8 Å². The van der Waals surface area contributed by atoms with Crippen LogP contribution < -0.4 is 5.32 Å². The van der Waals surface area contributed by atoms with E-state index in [9.17, 15) is 9.59 Å². The molecule has 0 aromatic heterocycles. The molecule has 0 aliphatic carbocycles. The van der Waals surface area contributed by atoms with Crippen LogP contribution in [0.1, 0.15) is 29.2 Å². The minimum absolute atomic E-state index is 0.0271. The van der Waals surface area contributed by atoms with Crippen LogP contribution in [0, 0.1) is 6.92 Å². The van der Waals surface area contributed by atoms with Gasteiger partial charge >= 0.3 is 0 Å². The summed E-state index contributed by atoms with van der Waals surface area (Å²) in [5.41, 5.74) is 3.14. The van der Waals surface area contributed by atoms with Gasteiger partial charge in [0, 0.05) is 19.5 Å². The number of nitrogens with zero attached hydrogens (tertiary/aromatic N) is 1. The molecule has 24 heavy (non-hydrogen) atoms. The zero-order valence-electron chi connectivity index (χ0n) is 13.9. The number of hydrogen-bond donors (Lipinski definition) is 1. The number of carbonyl (C=O) groups excluding carboxylic acids is 2. The molecule has 0 spiro atoms. The van der Waals surface area contributed by atoms with Crippen LogP contribution in [0.5, 0.6) is 0 Å². The molecule has 2 aromatic rings. The maximum atomic E-state index is 12.7. The van der Waals surface area contributed by atoms with Gasteiger partial charge < -0.3 is 10.2 Å². The second kappa shape index (κ2) is 7.30. The van der Waals surface area contributed by atoms with Crippen molar-refractivity contribution >= 4 is 11.8 Å². The van der Waals surface area contributed by atoms with E-state index >= 15 is 0 Å². The number of amides is 2. The molecule has 1 aliphatic heterocycles. The van der Waals surface area contributed by atoms with E-state index in [0.29, 0.717) is 25.9 Å². The number of benzene rings is 2. The predicted octanol–water partition coefficient (Wildman–Crippen LogP) is 2.63. The van der Waals surface area contributed by atoms with Crippen LogP contribution in [0.15, 0.2) is 54.6 Å². The fraction of sp³-hybridized carbons (Fsp3) is 0.300. The van der Waals surface area contributed by atoms with Crippen molar-refractivity contribution in [1.29, 1.82) is 0 Å². The zero-order chi connectivity index (χ0) is 16.9. The van der Waals surface area contributed by atoms with E-state index in [0.717, 1.165) is 16.7 Å². The maximum Gasteiger partial charge on any atom is 0.247 e. The van der Waals surface area contributed by atoms with Gasteiger partial charge in [-0.3, -0.25) is 9.59 Å². The summed E-state index contributed by atoms with van der Waals surface area (Å²) in [6.45, 7) is 3.07. The minimum Gasteiger partial charge on any atom is -0.352 e. The van der Waals surface area contributed by atoms with Gasteiger partial charge in [-0.15, -0.1) is 0 Å². The molecular weight excluding hydrogens is 300 g/mol. The molecule has 2 amide bonds. The Hall–Kier alpha value is -2.62. The van der Waals surface area contributed by atoms with Crippen molar-refractivity contribution in [3.8, 4) is 0 Å². The molecule has 0 radical (unpaired) electrons. The lowest BCUT2D eigenvalue weighted by atomic mass is 10.00. The maximum absolute atomic E-state index is 12.7. The second-order valence-corrected chi connectivity index (χ2v) is 6.18. The van der Waals surface area contributed by atoms with Crippen molar-refractivity contribution in [2.75, 3.05) is 13.1 Å². The Morgan fingerprint density at radius 2 is 1.83 bits per heavy atom. The van der Waals surface area contributed by atoms with Crippen LogP contribution in [0.4, 0.5) is 0 Å². The highest BCUT2D eigenvalue weighted by Gasteiger charge is 2.33. The number of piperazine rings is 1. The van der Waals surface area contributed by atoms with Gasteiger partial charge in [0.05, 0.1) is 0 Å². The minimum atomic E-state index is -0.525. The third-order valence-corrected chi connectivity index (χ3v) is 4.40. The summed E-state index contributed by atoms with van der Waals surface area (Å²) >= 11 is 0. The van der Waals surface area contributed by atoms with E-state index in [2.05, 4.69) is 5.32 Å². The van der Waals surface area contributed by atoms with Gasteiger partial charge in [-0.05, 0) is 24.5 Å². The molecule has 124 valence electrons. The fourth-order valence-electron chi connectivity index (χ4n) is 3.06. The van der Waals surface area contributed by atoms with Crippen LogP contribution in [0.2, 0.25) is 0 Å². The van der Waals surface area contributed by atoms with Gasteiger partial charge in [-0.1, -0.05) is 60.2 Å². The van der Waals surface area contributed by atoms with Crippen LogP contribution in [0.3, 0.4) is 0 Å². The van der Waals surface area contributed by atoms with Crippen LogP contribution in [-0.2, 0) is 16.0 Å². The third kappa shape index (κ3) is 3.65. The highest BCUT2D eigenvalue weighted by atomic mass is 16.2. The van der Waals surface area contributed by atoms with Crippen molar-refractivity contribution in [2.24, 2.45) is 0 Å². The molecule has 1 aliphatic rings. The largest absolute Gasteiger partial charge is 0.352 e. The summed E-state index contributed by atoms with van der Waals surface area (Å²) in [6.07, 6.45) is 1.11. The lowest BCUT2D eigenvalue weighted by molar-refractivity contribution is -0.143. The van der Waals surface area contributed by atoms with E-state index in [1.807, 2.05) is 61.5 Å². The van der Waals surface area contributed by atoms with Gasteiger partial charge in [0.1, 0.15) is 6.04 Å². The van der Waals surface area contributed by atoms with Crippen LogP contribution in [0.25, 0.3) is 0 Å². The van der Waals surface area contributed by atoms with Gasteiger partial charge in [-0.2, -0.15) is 0 Å². The van der Waals surface area contributed by atoms with Crippen LogP contribution >= 0.6 is 0 Å². The highest BCUT2D eigenvalue weighted by molar-refractivity contribution is 5.89. The number of nitrogens with one attached hydrogen (secondary N) is 1. The summed E-state index contributed by atoms with van der Waals surface area (Å²) in [6, 6.07) is 17.3. The van der Waals surface area contributed by atoms with Gasteiger partial charge in [-0.25, -0.2) is 0 Å². The standard InChI is InChI=1S/C20H22N2O2/c1-15-7-10-17(11-8-15)19-20(24)21-13-14-22(19)18(23)12-9-16-5-3-2-4-6-16/h2-8,10-11,19H,9,12-14H2,1H3,(H,21,24). The molecule has 2 aromatic carbocycles. The summed E-state index contributed by atoms with van der Waals surface area (Å²) in [5.74, 6) is -0.0718.